The SMILES string of the molecule is COc1cc(CNCC(O)c2ccccc2)cc(Br)c1OCc1ccccc1F.Cl. The Bertz CT molecular complexity index is 943. The fourth-order valence-corrected chi connectivity index (χ4v) is 3.53. The van der Waals surface area contributed by atoms with Crippen LogP contribution in [0.15, 0.2) is 71.2 Å². The molecule has 0 aliphatic heterocycles. The van der Waals surface area contributed by atoms with E-state index in [1.54, 1.807) is 25.3 Å². The van der Waals surface area contributed by atoms with Gasteiger partial charge in [-0.05, 0) is 45.3 Å². The summed E-state index contributed by atoms with van der Waals surface area (Å²) in [5, 5.41) is 13.5. The van der Waals surface area contributed by atoms with Crippen LogP contribution >= 0.6 is 28.3 Å². The van der Waals surface area contributed by atoms with E-state index in [1.165, 1.54) is 6.07 Å². The molecule has 0 aromatic heterocycles. The number of hydrogen-bond acceptors (Lipinski definition) is 4. The Labute approximate surface area is 190 Å². The number of ether oxygens (including phenoxy) is 2. The van der Waals surface area contributed by atoms with E-state index in [2.05, 4.69) is 21.2 Å². The molecular weight excluding hydrogens is 473 g/mol. The summed E-state index contributed by atoms with van der Waals surface area (Å²) in [6.45, 7) is 1.07. The van der Waals surface area contributed by atoms with Gasteiger partial charge in [0.2, 0.25) is 0 Å². The molecule has 0 spiro atoms. The van der Waals surface area contributed by atoms with Crippen LogP contribution in [0.25, 0.3) is 0 Å². The van der Waals surface area contributed by atoms with Gasteiger partial charge >= 0.3 is 0 Å². The highest BCUT2D eigenvalue weighted by Crippen LogP contribution is 2.37. The molecule has 7 heteroatoms. The first kappa shape index (κ1) is 24.2. The van der Waals surface area contributed by atoms with Crippen LogP contribution in [0, 0.1) is 5.82 Å². The number of aliphatic hydroxyl groups is 1. The molecule has 0 bridgehead atoms. The molecule has 0 aliphatic carbocycles. The lowest BCUT2D eigenvalue weighted by Crippen LogP contribution is -2.21. The second kappa shape index (κ2) is 11.9. The molecule has 0 fully saturated rings. The Morgan fingerprint density at radius 2 is 1.77 bits per heavy atom. The maximum atomic E-state index is 13.8. The Morgan fingerprint density at radius 1 is 1.07 bits per heavy atom. The van der Waals surface area contributed by atoms with Crippen molar-refractivity contribution in [1.82, 2.24) is 5.32 Å². The van der Waals surface area contributed by atoms with Gasteiger partial charge in [0.15, 0.2) is 11.5 Å². The van der Waals surface area contributed by atoms with Crippen LogP contribution < -0.4 is 14.8 Å². The molecule has 0 saturated heterocycles. The van der Waals surface area contributed by atoms with E-state index in [-0.39, 0.29) is 24.8 Å². The lowest BCUT2D eigenvalue weighted by molar-refractivity contribution is 0.174. The fraction of sp³-hybridized carbons (Fsp3) is 0.217. The van der Waals surface area contributed by atoms with Crippen molar-refractivity contribution in [3.63, 3.8) is 0 Å². The lowest BCUT2D eigenvalue weighted by Gasteiger charge is -2.16. The molecular formula is C23H24BrClFNO3. The average molecular weight is 497 g/mol. The third kappa shape index (κ3) is 6.44. The summed E-state index contributed by atoms with van der Waals surface area (Å²) in [7, 11) is 1.56. The molecule has 0 amide bonds. The van der Waals surface area contributed by atoms with E-state index >= 15 is 0 Å². The summed E-state index contributed by atoms with van der Waals surface area (Å²) in [5.74, 6) is 0.764. The monoisotopic (exact) mass is 495 g/mol. The third-order valence-corrected chi connectivity index (χ3v) is 5.06. The van der Waals surface area contributed by atoms with Crippen LogP contribution in [-0.2, 0) is 13.2 Å². The largest absolute Gasteiger partial charge is 0.493 e. The number of hydrogen-bond donors (Lipinski definition) is 2. The van der Waals surface area contributed by atoms with E-state index in [0.29, 0.717) is 34.6 Å². The summed E-state index contributed by atoms with van der Waals surface area (Å²) >= 11 is 3.51. The molecule has 3 aromatic carbocycles. The van der Waals surface area contributed by atoms with E-state index in [0.717, 1.165) is 11.1 Å². The minimum absolute atomic E-state index is 0. The van der Waals surface area contributed by atoms with Crippen LogP contribution in [0.1, 0.15) is 22.8 Å². The molecule has 0 heterocycles. The topological polar surface area (TPSA) is 50.7 Å². The van der Waals surface area contributed by atoms with Gasteiger partial charge in [-0.25, -0.2) is 4.39 Å². The predicted molar refractivity (Wildman–Crippen MR) is 122 cm³/mol. The Hall–Kier alpha value is -2.12. The van der Waals surface area contributed by atoms with E-state index in [4.69, 9.17) is 9.47 Å². The van der Waals surface area contributed by atoms with E-state index in [9.17, 15) is 9.50 Å². The minimum Gasteiger partial charge on any atom is -0.493 e. The van der Waals surface area contributed by atoms with Gasteiger partial charge < -0.3 is 19.9 Å². The van der Waals surface area contributed by atoms with Gasteiger partial charge in [0, 0.05) is 18.7 Å². The summed E-state index contributed by atoms with van der Waals surface area (Å²) in [6.07, 6.45) is -0.579. The summed E-state index contributed by atoms with van der Waals surface area (Å²) in [6, 6.07) is 19.8. The third-order valence-electron chi connectivity index (χ3n) is 4.47. The minimum atomic E-state index is -0.579. The lowest BCUT2D eigenvalue weighted by atomic mass is 10.1. The Morgan fingerprint density at radius 3 is 2.47 bits per heavy atom. The molecule has 160 valence electrons. The van der Waals surface area contributed by atoms with Crippen LogP contribution in [0.5, 0.6) is 11.5 Å². The van der Waals surface area contributed by atoms with Crippen molar-refractivity contribution in [3.8, 4) is 11.5 Å². The average Bonchev–Trinajstić information content (AvgIpc) is 2.74. The molecule has 3 aromatic rings. The standard InChI is InChI=1S/C23H23BrFNO3.ClH/c1-28-22-12-16(13-26-14-21(27)17-7-3-2-4-8-17)11-19(24)23(22)29-15-18-9-5-6-10-20(18)25;/h2-12,21,26-27H,13-15H2,1H3;1H. The number of rotatable bonds is 9. The van der Waals surface area contributed by atoms with Gasteiger partial charge in [-0.15, -0.1) is 12.4 Å². The van der Waals surface area contributed by atoms with Crippen molar-refractivity contribution in [2.75, 3.05) is 13.7 Å². The van der Waals surface area contributed by atoms with Gasteiger partial charge in [-0.2, -0.15) is 0 Å². The zero-order valence-electron chi connectivity index (χ0n) is 16.5. The summed E-state index contributed by atoms with van der Waals surface area (Å²) in [5.41, 5.74) is 2.31. The molecule has 30 heavy (non-hydrogen) atoms. The van der Waals surface area contributed by atoms with Crippen molar-refractivity contribution in [1.29, 1.82) is 0 Å². The maximum Gasteiger partial charge on any atom is 0.175 e. The highest BCUT2D eigenvalue weighted by Gasteiger charge is 2.13. The predicted octanol–water partition coefficient (Wildman–Crippen LogP) is 5.42. The number of benzene rings is 3. The molecule has 1 atom stereocenters. The van der Waals surface area contributed by atoms with Crippen LogP contribution in [-0.4, -0.2) is 18.8 Å². The summed E-state index contributed by atoms with van der Waals surface area (Å²) in [4.78, 5) is 0. The van der Waals surface area contributed by atoms with Crippen LogP contribution in [0.4, 0.5) is 4.39 Å². The van der Waals surface area contributed by atoms with Crippen LogP contribution in [0.2, 0.25) is 0 Å². The fourth-order valence-electron chi connectivity index (χ4n) is 2.93. The van der Waals surface area contributed by atoms with Crippen molar-refractivity contribution >= 4 is 28.3 Å². The molecule has 2 N–H and O–H groups in total. The Kier molecular flexibility index (Phi) is 9.59. The van der Waals surface area contributed by atoms with Gasteiger partial charge in [-0.1, -0.05) is 48.5 Å². The van der Waals surface area contributed by atoms with Gasteiger partial charge in [0.05, 0.1) is 17.7 Å². The zero-order chi connectivity index (χ0) is 20.6. The zero-order valence-corrected chi connectivity index (χ0v) is 18.9. The second-order valence-corrected chi connectivity index (χ2v) is 7.40. The Balaban J connectivity index is 0.00000320. The maximum absolute atomic E-state index is 13.8. The first-order valence-corrected chi connectivity index (χ1v) is 10.0. The number of aliphatic hydroxyl groups excluding tert-OH is 1. The van der Waals surface area contributed by atoms with Crippen molar-refractivity contribution in [3.05, 3.63) is 93.7 Å². The van der Waals surface area contributed by atoms with Crippen molar-refractivity contribution in [2.24, 2.45) is 0 Å². The highest BCUT2D eigenvalue weighted by atomic mass is 79.9. The first-order valence-electron chi connectivity index (χ1n) is 9.25. The molecule has 0 saturated carbocycles. The molecule has 1 unspecified atom stereocenters. The van der Waals surface area contributed by atoms with Crippen molar-refractivity contribution in [2.45, 2.75) is 19.3 Å². The molecule has 0 radical (unpaired) electrons. The normalized spacial score (nSPS) is 11.5. The molecule has 3 rings (SSSR count). The first-order chi connectivity index (χ1) is 14.1. The molecule has 4 nitrogen and oxygen atoms in total. The number of halogens is 3. The number of nitrogens with one attached hydrogen (secondary N) is 1. The van der Waals surface area contributed by atoms with Gasteiger partial charge in [0.25, 0.3) is 0 Å². The van der Waals surface area contributed by atoms with E-state index < -0.39 is 6.10 Å². The van der Waals surface area contributed by atoms with Gasteiger partial charge in [0.1, 0.15) is 12.4 Å². The quantitative estimate of drug-likeness (QED) is 0.415. The van der Waals surface area contributed by atoms with Gasteiger partial charge in [-0.3, -0.25) is 0 Å². The number of methoxy groups -OCH3 is 1. The summed E-state index contributed by atoms with van der Waals surface area (Å²) < 4.78 is 25.8. The molecule has 0 aliphatic rings. The smallest absolute Gasteiger partial charge is 0.175 e. The second-order valence-electron chi connectivity index (χ2n) is 6.55. The van der Waals surface area contributed by atoms with E-state index in [1.807, 2.05) is 42.5 Å². The van der Waals surface area contributed by atoms with Crippen molar-refractivity contribution < 1.29 is 19.0 Å². The van der Waals surface area contributed by atoms with Crippen LogP contribution in [0.3, 0.4) is 0 Å². The highest BCUT2D eigenvalue weighted by molar-refractivity contribution is 9.10.